The standard InChI is InChI=1S/C16H20ClN3OS/c1-11(21)20(9-12-3-5-13(17)6-4-12)15-10-22-16(19(15)2)18-14-7-8-14/h3-6,14-15H,7-10H2,1-2H3. The molecule has 1 saturated carbocycles. The number of aliphatic imine (C=N–C) groups is 1. The molecule has 1 heterocycles. The topological polar surface area (TPSA) is 35.9 Å². The molecular weight excluding hydrogens is 318 g/mol. The fourth-order valence-corrected chi connectivity index (χ4v) is 3.87. The van der Waals surface area contributed by atoms with E-state index in [2.05, 4.69) is 4.90 Å². The maximum absolute atomic E-state index is 12.1. The molecule has 0 spiro atoms. The lowest BCUT2D eigenvalue weighted by atomic mass is 10.2. The van der Waals surface area contributed by atoms with E-state index in [-0.39, 0.29) is 12.1 Å². The largest absolute Gasteiger partial charge is 0.333 e. The van der Waals surface area contributed by atoms with Crippen molar-refractivity contribution in [1.82, 2.24) is 9.80 Å². The maximum atomic E-state index is 12.1. The fourth-order valence-electron chi connectivity index (χ4n) is 2.49. The lowest BCUT2D eigenvalue weighted by Gasteiger charge is -2.32. The number of hydrogen-bond donors (Lipinski definition) is 0. The summed E-state index contributed by atoms with van der Waals surface area (Å²) in [4.78, 5) is 20.9. The number of carbonyl (C=O) groups is 1. The Morgan fingerprint density at radius 2 is 2.09 bits per heavy atom. The van der Waals surface area contributed by atoms with Crippen LogP contribution in [0.2, 0.25) is 5.02 Å². The van der Waals surface area contributed by atoms with Crippen LogP contribution in [0.25, 0.3) is 0 Å². The lowest BCUT2D eigenvalue weighted by Crippen LogP contribution is -2.47. The Morgan fingerprint density at radius 1 is 1.41 bits per heavy atom. The van der Waals surface area contributed by atoms with Gasteiger partial charge in [-0.1, -0.05) is 35.5 Å². The number of nitrogens with zero attached hydrogens (tertiary/aromatic N) is 3. The van der Waals surface area contributed by atoms with Crippen LogP contribution in [0.4, 0.5) is 0 Å². The van der Waals surface area contributed by atoms with Crippen LogP contribution in [0.5, 0.6) is 0 Å². The number of amidine groups is 1. The summed E-state index contributed by atoms with van der Waals surface area (Å²) in [5, 5.41) is 1.78. The van der Waals surface area contributed by atoms with Crippen molar-refractivity contribution in [2.75, 3.05) is 12.8 Å². The molecule has 1 atom stereocenters. The molecule has 1 amide bonds. The van der Waals surface area contributed by atoms with E-state index in [0.29, 0.717) is 17.6 Å². The van der Waals surface area contributed by atoms with Crippen LogP contribution in [-0.2, 0) is 11.3 Å². The van der Waals surface area contributed by atoms with Crippen molar-refractivity contribution in [3.63, 3.8) is 0 Å². The van der Waals surface area contributed by atoms with Gasteiger partial charge in [-0.15, -0.1) is 0 Å². The normalized spacial score (nSPS) is 23.1. The van der Waals surface area contributed by atoms with Crippen LogP contribution < -0.4 is 0 Å². The second-order valence-electron chi connectivity index (χ2n) is 5.82. The third-order valence-electron chi connectivity index (χ3n) is 3.98. The molecule has 1 aliphatic carbocycles. The van der Waals surface area contributed by atoms with Crippen LogP contribution in [0.15, 0.2) is 29.3 Å². The number of rotatable bonds is 4. The fraction of sp³-hybridized carbons (Fsp3) is 0.500. The third-order valence-corrected chi connectivity index (χ3v) is 5.35. The molecule has 0 radical (unpaired) electrons. The third kappa shape index (κ3) is 3.58. The number of carbonyl (C=O) groups excluding carboxylic acids is 1. The number of hydrogen-bond acceptors (Lipinski definition) is 3. The summed E-state index contributed by atoms with van der Waals surface area (Å²) in [6, 6.07) is 8.18. The van der Waals surface area contributed by atoms with Crippen molar-refractivity contribution >= 4 is 34.4 Å². The Labute approximate surface area is 140 Å². The predicted octanol–water partition coefficient (Wildman–Crippen LogP) is 3.21. The Kier molecular flexibility index (Phi) is 4.64. The van der Waals surface area contributed by atoms with Crippen LogP contribution in [-0.4, -0.2) is 45.9 Å². The average Bonchev–Trinajstić information content (AvgIpc) is 3.23. The molecule has 1 aromatic carbocycles. The molecule has 2 aliphatic rings. The van der Waals surface area contributed by atoms with Crippen molar-refractivity contribution in [3.05, 3.63) is 34.9 Å². The Morgan fingerprint density at radius 3 is 2.68 bits per heavy atom. The van der Waals surface area contributed by atoms with Crippen molar-refractivity contribution in [2.45, 2.75) is 38.5 Å². The van der Waals surface area contributed by atoms with Gasteiger partial charge in [0.25, 0.3) is 0 Å². The highest BCUT2D eigenvalue weighted by atomic mass is 35.5. The van der Waals surface area contributed by atoms with Crippen molar-refractivity contribution in [1.29, 1.82) is 0 Å². The molecular formula is C16H20ClN3OS. The summed E-state index contributed by atoms with van der Waals surface area (Å²) in [6.07, 6.45) is 2.46. The zero-order valence-corrected chi connectivity index (χ0v) is 14.4. The number of amides is 1. The van der Waals surface area contributed by atoms with Gasteiger partial charge in [-0.2, -0.15) is 0 Å². The Hall–Kier alpha value is -1.20. The number of thioether (sulfide) groups is 1. The second kappa shape index (κ2) is 6.50. The summed E-state index contributed by atoms with van der Waals surface area (Å²) < 4.78 is 0. The smallest absolute Gasteiger partial charge is 0.221 e. The first-order chi connectivity index (χ1) is 10.5. The average molecular weight is 338 g/mol. The van der Waals surface area contributed by atoms with Crippen molar-refractivity contribution in [2.24, 2.45) is 4.99 Å². The number of halogens is 1. The molecule has 0 aromatic heterocycles. The minimum absolute atomic E-state index is 0.0654. The molecule has 0 N–H and O–H groups in total. The van der Waals surface area contributed by atoms with Gasteiger partial charge < -0.3 is 9.80 Å². The molecule has 1 aromatic rings. The quantitative estimate of drug-likeness (QED) is 0.846. The molecule has 3 rings (SSSR count). The molecule has 4 nitrogen and oxygen atoms in total. The molecule has 118 valence electrons. The van der Waals surface area contributed by atoms with Crippen LogP contribution >= 0.6 is 23.4 Å². The second-order valence-corrected chi connectivity index (χ2v) is 7.24. The first kappa shape index (κ1) is 15.7. The van der Waals surface area contributed by atoms with E-state index in [1.54, 1.807) is 18.7 Å². The summed E-state index contributed by atoms with van der Waals surface area (Å²) in [6.45, 7) is 2.23. The highest BCUT2D eigenvalue weighted by Crippen LogP contribution is 2.31. The Bertz CT molecular complexity index is 586. The van der Waals surface area contributed by atoms with Crippen molar-refractivity contribution in [3.8, 4) is 0 Å². The van der Waals surface area contributed by atoms with Crippen LogP contribution in [0.3, 0.4) is 0 Å². The predicted molar refractivity (Wildman–Crippen MR) is 92.1 cm³/mol. The molecule has 22 heavy (non-hydrogen) atoms. The van der Waals surface area contributed by atoms with E-state index in [1.165, 1.54) is 12.8 Å². The summed E-state index contributed by atoms with van der Waals surface area (Å²) in [7, 11) is 2.03. The SMILES string of the molecule is CC(=O)N(Cc1ccc(Cl)cc1)C1CSC(=NC2CC2)N1C. The maximum Gasteiger partial charge on any atom is 0.221 e. The van der Waals surface area contributed by atoms with E-state index in [4.69, 9.17) is 16.6 Å². The first-order valence-corrected chi connectivity index (χ1v) is 8.86. The zero-order valence-electron chi connectivity index (χ0n) is 12.8. The summed E-state index contributed by atoms with van der Waals surface area (Å²) in [5.41, 5.74) is 1.09. The van der Waals surface area contributed by atoms with Gasteiger partial charge in [0.2, 0.25) is 5.91 Å². The van der Waals surface area contributed by atoms with E-state index < -0.39 is 0 Å². The molecule has 6 heteroatoms. The minimum Gasteiger partial charge on any atom is -0.333 e. The zero-order chi connectivity index (χ0) is 15.7. The summed E-state index contributed by atoms with van der Waals surface area (Å²) >= 11 is 7.67. The van der Waals surface area contributed by atoms with Crippen molar-refractivity contribution < 1.29 is 4.79 Å². The molecule has 2 fully saturated rings. The molecule has 0 bridgehead atoms. The minimum atomic E-state index is 0.0654. The molecule has 1 saturated heterocycles. The first-order valence-electron chi connectivity index (χ1n) is 7.49. The lowest BCUT2D eigenvalue weighted by molar-refractivity contribution is -0.133. The van der Waals surface area contributed by atoms with Gasteiger partial charge in [0.1, 0.15) is 6.17 Å². The molecule has 1 aliphatic heterocycles. The van der Waals surface area contributed by atoms with Crippen LogP contribution in [0, 0.1) is 0 Å². The Balaban J connectivity index is 1.73. The van der Waals surface area contributed by atoms with Crippen LogP contribution in [0.1, 0.15) is 25.3 Å². The van der Waals surface area contributed by atoms with Gasteiger partial charge in [-0.05, 0) is 30.5 Å². The highest BCUT2D eigenvalue weighted by molar-refractivity contribution is 8.14. The van der Waals surface area contributed by atoms with Gasteiger partial charge in [-0.3, -0.25) is 9.79 Å². The number of benzene rings is 1. The van der Waals surface area contributed by atoms with Gasteiger partial charge in [0.15, 0.2) is 5.17 Å². The van der Waals surface area contributed by atoms with Gasteiger partial charge in [-0.25, -0.2) is 0 Å². The van der Waals surface area contributed by atoms with Gasteiger partial charge >= 0.3 is 0 Å². The molecule has 1 unspecified atom stereocenters. The van der Waals surface area contributed by atoms with E-state index >= 15 is 0 Å². The van der Waals surface area contributed by atoms with Gasteiger partial charge in [0, 0.05) is 31.3 Å². The van der Waals surface area contributed by atoms with E-state index in [1.807, 2.05) is 36.2 Å². The highest BCUT2D eigenvalue weighted by Gasteiger charge is 2.35. The van der Waals surface area contributed by atoms with Gasteiger partial charge in [0.05, 0.1) is 6.04 Å². The summed E-state index contributed by atoms with van der Waals surface area (Å²) in [5.74, 6) is 0.954. The monoisotopic (exact) mass is 337 g/mol. The van der Waals surface area contributed by atoms with E-state index in [0.717, 1.165) is 16.5 Å². The van der Waals surface area contributed by atoms with E-state index in [9.17, 15) is 4.79 Å².